The van der Waals surface area contributed by atoms with Gasteiger partial charge >= 0.3 is 0 Å². The highest BCUT2D eigenvalue weighted by atomic mass is 16.2. The molecule has 0 spiro atoms. The first-order chi connectivity index (χ1) is 15.0. The van der Waals surface area contributed by atoms with Crippen LogP contribution < -0.4 is 10.2 Å². The number of carbonyl (C=O) groups excluding carboxylic acids is 2. The van der Waals surface area contributed by atoms with Crippen molar-refractivity contribution in [2.75, 3.05) is 38.0 Å². The van der Waals surface area contributed by atoms with Crippen molar-refractivity contribution < 1.29 is 14.5 Å². The summed E-state index contributed by atoms with van der Waals surface area (Å²) in [5.74, 6) is 0.191. The van der Waals surface area contributed by atoms with Crippen LogP contribution in [0.15, 0.2) is 48.8 Å². The Labute approximate surface area is 182 Å². The third-order valence-electron chi connectivity index (χ3n) is 6.07. The molecule has 1 saturated heterocycles. The van der Waals surface area contributed by atoms with E-state index < -0.39 is 0 Å². The van der Waals surface area contributed by atoms with Crippen molar-refractivity contribution in [1.29, 1.82) is 0 Å². The Hall–Kier alpha value is -3.19. The van der Waals surface area contributed by atoms with Crippen LogP contribution in [0.2, 0.25) is 0 Å². The minimum Gasteiger partial charge on any atom is -0.331 e. The van der Waals surface area contributed by atoms with E-state index in [0.29, 0.717) is 32.6 Å². The van der Waals surface area contributed by atoms with Gasteiger partial charge in [0.05, 0.1) is 43.5 Å². The molecule has 2 aromatic carbocycles. The monoisotopic (exact) mass is 420 g/mol. The molecule has 7 heteroatoms. The fraction of sp³-hybridized carbons (Fsp3) is 0.375. The van der Waals surface area contributed by atoms with Crippen LogP contribution >= 0.6 is 0 Å². The molecule has 7 nitrogen and oxygen atoms in total. The highest BCUT2D eigenvalue weighted by Gasteiger charge is 2.25. The zero-order valence-corrected chi connectivity index (χ0v) is 18.2. The predicted octanol–water partition coefficient (Wildman–Crippen LogP) is 1.41. The van der Waals surface area contributed by atoms with E-state index >= 15 is 0 Å². The lowest BCUT2D eigenvalue weighted by Gasteiger charge is -2.32. The van der Waals surface area contributed by atoms with Crippen LogP contribution in [-0.4, -0.2) is 59.0 Å². The van der Waals surface area contributed by atoms with Crippen LogP contribution in [0.25, 0.3) is 11.0 Å². The number of aromatic nitrogens is 2. The Morgan fingerprint density at radius 3 is 2.48 bits per heavy atom. The topological polar surface area (TPSA) is 71.7 Å². The van der Waals surface area contributed by atoms with Gasteiger partial charge in [-0.2, -0.15) is 0 Å². The lowest BCUT2D eigenvalue weighted by atomic mass is 10.1. The predicted molar refractivity (Wildman–Crippen MR) is 121 cm³/mol. The molecule has 0 aliphatic carbocycles. The summed E-state index contributed by atoms with van der Waals surface area (Å²) in [7, 11) is 0. The average molecular weight is 421 g/mol. The minimum atomic E-state index is 0.0270. The molecule has 3 aromatic rings. The summed E-state index contributed by atoms with van der Waals surface area (Å²) in [4.78, 5) is 32.7. The van der Waals surface area contributed by atoms with Crippen LogP contribution in [-0.2, 0) is 16.1 Å². The smallest absolute Gasteiger partial charge is 0.279 e. The molecule has 0 bridgehead atoms. The van der Waals surface area contributed by atoms with Crippen molar-refractivity contribution in [2.24, 2.45) is 0 Å². The molecule has 0 radical (unpaired) electrons. The third kappa shape index (κ3) is 4.94. The van der Waals surface area contributed by atoms with Crippen molar-refractivity contribution in [2.45, 2.75) is 26.8 Å². The van der Waals surface area contributed by atoms with Gasteiger partial charge < -0.3 is 19.7 Å². The number of aryl methyl sites for hydroxylation is 3. The maximum absolute atomic E-state index is 12.7. The number of amides is 2. The SMILES string of the molecule is Cc1cccc(C)c1NC(=O)C[NH+]1CCN(C(=O)CCn2cnc3ccccc32)CC1. The number of nitrogens with zero attached hydrogens (tertiary/aromatic N) is 3. The minimum absolute atomic E-state index is 0.0270. The number of piperazine rings is 1. The van der Waals surface area contributed by atoms with Crippen LogP contribution in [0, 0.1) is 13.8 Å². The number of para-hydroxylation sites is 3. The quantitative estimate of drug-likeness (QED) is 0.633. The summed E-state index contributed by atoms with van der Waals surface area (Å²) < 4.78 is 2.03. The normalized spacial score (nSPS) is 14.7. The molecule has 2 heterocycles. The Balaban J connectivity index is 1.23. The molecule has 1 aliphatic rings. The molecular weight excluding hydrogens is 390 g/mol. The standard InChI is InChI=1S/C24H29N5O2/c1-18-6-5-7-19(2)24(18)26-22(30)16-27-12-14-28(15-13-27)23(31)10-11-29-17-25-20-8-3-4-9-21(20)29/h3-9,17H,10-16H2,1-2H3,(H,26,30)/p+1. The largest absolute Gasteiger partial charge is 0.331 e. The number of nitrogens with one attached hydrogen (secondary N) is 2. The highest BCUT2D eigenvalue weighted by molar-refractivity contribution is 5.93. The zero-order valence-electron chi connectivity index (χ0n) is 18.2. The number of imidazole rings is 1. The first-order valence-electron chi connectivity index (χ1n) is 10.9. The highest BCUT2D eigenvalue weighted by Crippen LogP contribution is 2.19. The summed E-state index contributed by atoms with van der Waals surface area (Å²) in [5.41, 5.74) is 5.06. The number of anilines is 1. The summed E-state index contributed by atoms with van der Waals surface area (Å²) in [5, 5.41) is 3.06. The fourth-order valence-corrected chi connectivity index (χ4v) is 4.23. The Bertz CT molecular complexity index is 1060. The van der Waals surface area contributed by atoms with Gasteiger partial charge in [-0.3, -0.25) is 9.59 Å². The number of quaternary nitrogens is 1. The molecule has 2 N–H and O–H groups in total. The molecule has 162 valence electrons. The van der Waals surface area contributed by atoms with Crippen molar-refractivity contribution in [3.63, 3.8) is 0 Å². The van der Waals surface area contributed by atoms with E-state index in [1.807, 2.05) is 65.8 Å². The van der Waals surface area contributed by atoms with Crippen molar-refractivity contribution in [3.8, 4) is 0 Å². The number of hydrogen-bond donors (Lipinski definition) is 2. The Morgan fingerprint density at radius 2 is 1.74 bits per heavy atom. The average Bonchev–Trinajstić information content (AvgIpc) is 3.18. The van der Waals surface area contributed by atoms with Gasteiger partial charge in [0.15, 0.2) is 6.54 Å². The second-order valence-electron chi connectivity index (χ2n) is 8.30. The van der Waals surface area contributed by atoms with Crippen LogP contribution in [0.1, 0.15) is 17.5 Å². The summed E-state index contributed by atoms with van der Waals surface area (Å²) >= 11 is 0. The van der Waals surface area contributed by atoms with Crippen molar-refractivity contribution in [1.82, 2.24) is 14.5 Å². The number of hydrogen-bond acceptors (Lipinski definition) is 3. The molecule has 4 rings (SSSR count). The molecule has 2 amide bonds. The molecular formula is C24H30N5O2+. The molecule has 1 aromatic heterocycles. The lowest BCUT2D eigenvalue weighted by molar-refractivity contribution is -0.895. The van der Waals surface area contributed by atoms with E-state index in [9.17, 15) is 9.59 Å². The summed E-state index contributed by atoms with van der Waals surface area (Å²) in [6.45, 7) is 8.03. The van der Waals surface area contributed by atoms with Gasteiger partial charge in [-0.05, 0) is 37.1 Å². The summed E-state index contributed by atoms with van der Waals surface area (Å²) in [6.07, 6.45) is 2.26. The van der Waals surface area contributed by atoms with Gasteiger partial charge in [-0.1, -0.05) is 30.3 Å². The first kappa shape index (κ1) is 21.1. The molecule has 0 atom stereocenters. The third-order valence-corrected chi connectivity index (χ3v) is 6.07. The van der Waals surface area contributed by atoms with Gasteiger partial charge in [0.2, 0.25) is 5.91 Å². The van der Waals surface area contributed by atoms with Gasteiger partial charge in [0, 0.05) is 18.7 Å². The van der Waals surface area contributed by atoms with Gasteiger partial charge in [0.25, 0.3) is 5.91 Å². The maximum Gasteiger partial charge on any atom is 0.279 e. The van der Waals surface area contributed by atoms with Crippen LogP contribution in [0.4, 0.5) is 5.69 Å². The molecule has 0 saturated carbocycles. The molecule has 0 unspecified atom stereocenters. The number of fused-ring (bicyclic) bond motifs is 1. The number of carbonyl (C=O) groups is 2. The number of rotatable bonds is 6. The summed E-state index contributed by atoms with van der Waals surface area (Å²) in [6, 6.07) is 14.0. The lowest BCUT2D eigenvalue weighted by Crippen LogP contribution is -3.15. The zero-order chi connectivity index (χ0) is 21.8. The van der Waals surface area contributed by atoms with E-state index in [4.69, 9.17) is 0 Å². The van der Waals surface area contributed by atoms with Crippen LogP contribution in [0.3, 0.4) is 0 Å². The fourth-order valence-electron chi connectivity index (χ4n) is 4.23. The van der Waals surface area contributed by atoms with Gasteiger partial charge in [0.1, 0.15) is 0 Å². The van der Waals surface area contributed by atoms with Crippen molar-refractivity contribution in [3.05, 3.63) is 59.9 Å². The van der Waals surface area contributed by atoms with Gasteiger partial charge in [-0.15, -0.1) is 0 Å². The molecule has 1 fully saturated rings. The van der Waals surface area contributed by atoms with E-state index in [1.165, 1.54) is 4.90 Å². The number of benzene rings is 2. The van der Waals surface area contributed by atoms with E-state index in [0.717, 1.165) is 40.9 Å². The van der Waals surface area contributed by atoms with E-state index in [1.54, 1.807) is 6.33 Å². The van der Waals surface area contributed by atoms with Gasteiger partial charge in [-0.25, -0.2) is 4.98 Å². The van der Waals surface area contributed by atoms with E-state index in [2.05, 4.69) is 10.3 Å². The molecule has 31 heavy (non-hydrogen) atoms. The van der Waals surface area contributed by atoms with Crippen molar-refractivity contribution >= 4 is 28.5 Å². The molecule has 1 aliphatic heterocycles. The van der Waals surface area contributed by atoms with Crippen LogP contribution in [0.5, 0.6) is 0 Å². The van der Waals surface area contributed by atoms with E-state index in [-0.39, 0.29) is 11.8 Å². The maximum atomic E-state index is 12.7. The Kier molecular flexibility index (Phi) is 6.32. The second kappa shape index (κ2) is 9.31. The Morgan fingerprint density at radius 1 is 1.03 bits per heavy atom. The first-order valence-corrected chi connectivity index (χ1v) is 10.9. The second-order valence-corrected chi connectivity index (χ2v) is 8.30.